The first-order valence-electron chi connectivity index (χ1n) is 4.60. The molecule has 8 heteroatoms. The number of nitrogens with one attached hydrogen (secondary N) is 2. The van der Waals surface area contributed by atoms with Crippen LogP contribution < -0.4 is 5.32 Å². The van der Waals surface area contributed by atoms with Crippen LogP contribution in [0.4, 0.5) is 0 Å². The lowest BCUT2D eigenvalue weighted by atomic mass is 10.3. The zero-order chi connectivity index (χ0) is 12.3. The Morgan fingerprint density at radius 2 is 2.29 bits per heavy atom. The molecule has 0 bridgehead atoms. The predicted molar refractivity (Wildman–Crippen MR) is 58.8 cm³/mol. The predicted octanol–water partition coefficient (Wildman–Crippen LogP) is 0.494. The van der Waals surface area contributed by atoms with Gasteiger partial charge in [-0.15, -0.1) is 11.3 Å². The van der Waals surface area contributed by atoms with Gasteiger partial charge in [-0.1, -0.05) is 0 Å². The smallest absolute Gasteiger partial charge is 0.354 e. The number of amides is 1. The SMILES string of the molecule is O=C(NCc1cscn1)c1nc[nH]c1C(=O)O. The summed E-state index contributed by atoms with van der Waals surface area (Å²) in [6.07, 6.45) is 1.17. The number of aromatic amines is 1. The van der Waals surface area contributed by atoms with Gasteiger partial charge in [0.1, 0.15) is 0 Å². The summed E-state index contributed by atoms with van der Waals surface area (Å²) < 4.78 is 0. The molecule has 0 saturated heterocycles. The third-order valence-corrected chi connectivity index (χ3v) is 2.62. The summed E-state index contributed by atoms with van der Waals surface area (Å²) in [6.45, 7) is 0.244. The van der Waals surface area contributed by atoms with Crippen LogP contribution in [0.15, 0.2) is 17.2 Å². The average Bonchev–Trinajstić information content (AvgIpc) is 2.96. The Morgan fingerprint density at radius 3 is 2.94 bits per heavy atom. The molecule has 0 saturated carbocycles. The van der Waals surface area contributed by atoms with Crippen LogP contribution in [0.1, 0.15) is 26.7 Å². The molecule has 0 atom stereocenters. The number of nitrogens with zero attached hydrogens (tertiary/aromatic N) is 2. The number of aromatic carboxylic acids is 1. The molecule has 0 unspecified atom stereocenters. The largest absolute Gasteiger partial charge is 0.477 e. The Hall–Kier alpha value is -2.22. The Kier molecular flexibility index (Phi) is 3.15. The highest BCUT2D eigenvalue weighted by Crippen LogP contribution is 2.04. The maximum atomic E-state index is 11.6. The molecule has 17 heavy (non-hydrogen) atoms. The maximum absolute atomic E-state index is 11.6. The lowest BCUT2D eigenvalue weighted by Crippen LogP contribution is -2.25. The topological polar surface area (TPSA) is 108 Å². The normalized spacial score (nSPS) is 10.1. The van der Waals surface area contributed by atoms with Crippen LogP contribution in [0.2, 0.25) is 0 Å². The van der Waals surface area contributed by atoms with Crippen LogP contribution in [0, 0.1) is 0 Å². The van der Waals surface area contributed by atoms with Crippen LogP contribution >= 0.6 is 11.3 Å². The molecule has 88 valence electrons. The Labute approximate surface area is 99.5 Å². The van der Waals surface area contributed by atoms with Gasteiger partial charge in [0.05, 0.1) is 24.1 Å². The highest BCUT2D eigenvalue weighted by atomic mass is 32.1. The molecule has 0 fully saturated rings. The second-order valence-electron chi connectivity index (χ2n) is 3.09. The number of thiazole rings is 1. The quantitative estimate of drug-likeness (QED) is 0.734. The van der Waals surface area contributed by atoms with Gasteiger partial charge in [-0.2, -0.15) is 0 Å². The monoisotopic (exact) mass is 252 g/mol. The van der Waals surface area contributed by atoms with E-state index in [1.807, 2.05) is 0 Å². The number of carbonyl (C=O) groups is 2. The third kappa shape index (κ3) is 2.48. The number of hydrogen-bond donors (Lipinski definition) is 3. The Bertz CT molecular complexity index is 534. The molecule has 3 N–H and O–H groups in total. The fourth-order valence-corrected chi connectivity index (χ4v) is 1.77. The maximum Gasteiger partial charge on any atom is 0.354 e. The van der Waals surface area contributed by atoms with E-state index < -0.39 is 11.9 Å². The lowest BCUT2D eigenvalue weighted by Gasteiger charge is -2.01. The summed E-state index contributed by atoms with van der Waals surface area (Å²) in [4.78, 5) is 32.5. The number of H-pyrrole nitrogens is 1. The lowest BCUT2D eigenvalue weighted by molar-refractivity contribution is 0.0685. The first-order chi connectivity index (χ1) is 8.18. The summed E-state index contributed by atoms with van der Waals surface area (Å²) >= 11 is 1.42. The zero-order valence-corrected chi connectivity index (χ0v) is 9.32. The van der Waals surface area contributed by atoms with Crippen LogP contribution in [0.25, 0.3) is 0 Å². The summed E-state index contributed by atoms with van der Waals surface area (Å²) in [5.41, 5.74) is 2.02. The summed E-state index contributed by atoms with van der Waals surface area (Å²) in [5.74, 6) is -1.77. The Balaban J connectivity index is 2.04. The van der Waals surface area contributed by atoms with Crippen LogP contribution in [0.3, 0.4) is 0 Å². The van der Waals surface area contributed by atoms with Gasteiger partial charge < -0.3 is 15.4 Å². The van der Waals surface area contributed by atoms with Crippen molar-refractivity contribution in [2.45, 2.75) is 6.54 Å². The van der Waals surface area contributed by atoms with Crippen molar-refractivity contribution in [1.29, 1.82) is 0 Å². The number of carboxylic acids is 1. The number of hydrogen-bond acceptors (Lipinski definition) is 5. The number of carboxylic acid groups (broad SMARTS) is 1. The van der Waals surface area contributed by atoms with Crippen LogP contribution in [0.5, 0.6) is 0 Å². The number of imidazole rings is 1. The van der Waals surface area contributed by atoms with E-state index in [1.54, 1.807) is 10.9 Å². The molecule has 0 aliphatic rings. The van der Waals surface area contributed by atoms with E-state index in [0.717, 1.165) is 5.69 Å². The van der Waals surface area contributed by atoms with E-state index in [0.29, 0.717) is 0 Å². The van der Waals surface area contributed by atoms with Gasteiger partial charge in [0.25, 0.3) is 5.91 Å². The van der Waals surface area contributed by atoms with Crippen molar-refractivity contribution < 1.29 is 14.7 Å². The van der Waals surface area contributed by atoms with E-state index in [4.69, 9.17) is 5.11 Å². The number of carbonyl (C=O) groups excluding carboxylic acids is 1. The number of rotatable bonds is 4. The molecule has 2 aromatic heterocycles. The third-order valence-electron chi connectivity index (χ3n) is 1.98. The van der Waals surface area contributed by atoms with Crippen molar-refractivity contribution in [3.63, 3.8) is 0 Å². The molecule has 0 aliphatic heterocycles. The van der Waals surface area contributed by atoms with Crippen molar-refractivity contribution in [1.82, 2.24) is 20.3 Å². The second-order valence-corrected chi connectivity index (χ2v) is 3.81. The van der Waals surface area contributed by atoms with E-state index in [-0.39, 0.29) is 17.9 Å². The van der Waals surface area contributed by atoms with E-state index in [9.17, 15) is 9.59 Å². The van der Waals surface area contributed by atoms with Gasteiger partial charge in [0.2, 0.25) is 0 Å². The summed E-state index contributed by atoms with van der Waals surface area (Å²) in [7, 11) is 0. The molecule has 0 spiro atoms. The van der Waals surface area contributed by atoms with Gasteiger partial charge in [-0.3, -0.25) is 4.79 Å². The minimum Gasteiger partial charge on any atom is -0.477 e. The molecule has 2 rings (SSSR count). The van der Waals surface area contributed by atoms with E-state index in [2.05, 4.69) is 20.3 Å². The first kappa shape index (κ1) is 11.3. The standard InChI is InChI=1S/C9H8N4O3S/c14-8(10-1-5-2-17-4-13-5)6-7(9(15)16)12-3-11-6/h2-4H,1H2,(H,10,14)(H,11,12)(H,15,16). The summed E-state index contributed by atoms with van der Waals surface area (Å²) in [5, 5.41) is 13.1. The van der Waals surface area contributed by atoms with Gasteiger partial charge in [-0.05, 0) is 0 Å². The van der Waals surface area contributed by atoms with Crippen molar-refractivity contribution in [3.8, 4) is 0 Å². The minimum atomic E-state index is -1.22. The highest BCUT2D eigenvalue weighted by Gasteiger charge is 2.19. The summed E-state index contributed by atoms with van der Waals surface area (Å²) in [6, 6.07) is 0. The van der Waals surface area contributed by atoms with Crippen molar-refractivity contribution >= 4 is 23.2 Å². The molecule has 0 radical (unpaired) electrons. The van der Waals surface area contributed by atoms with Gasteiger partial charge in [0, 0.05) is 5.38 Å². The zero-order valence-electron chi connectivity index (χ0n) is 8.51. The van der Waals surface area contributed by atoms with E-state index in [1.165, 1.54) is 17.7 Å². The van der Waals surface area contributed by atoms with Crippen molar-refractivity contribution in [3.05, 3.63) is 34.3 Å². The Morgan fingerprint density at radius 1 is 1.47 bits per heavy atom. The van der Waals surface area contributed by atoms with Crippen molar-refractivity contribution in [2.75, 3.05) is 0 Å². The van der Waals surface area contributed by atoms with Gasteiger partial charge in [-0.25, -0.2) is 14.8 Å². The van der Waals surface area contributed by atoms with Gasteiger partial charge in [0.15, 0.2) is 11.4 Å². The first-order valence-corrected chi connectivity index (χ1v) is 5.54. The average molecular weight is 252 g/mol. The highest BCUT2D eigenvalue weighted by molar-refractivity contribution is 7.07. The molecule has 2 heterocycles. The van der Waals surface area contributed by atoms with E-state index >= 15 is 0 Å². The van der Waals surface area contributed by atoms with Crippen LogP contribution in [-0.2, 0) is 6.54 Å². The molecule has 7 nitrogen and oxygen atoms in total. The second kappa shape index (κ2) is 4.74. The fraction of sp³-hybridized carbons (Fsp3) is 0.111. The molecule has 0 aromatic carbocycles. The molecular weight excluding hydrogens is 244 g/mol. The van der Waals surface area contributed by atoms with Crippen LogP contribution in [-0.4, -0.2) is 31.9 Å². The molecule has 2 aromatic rings. The van der Waals surface area contributed by atoms with Gasteiger partial charge >= 0.3 is 5.97 Å². The van der Waals surface area contributed by atoms with Crippen molar-refractivity contribution in [2.24, 2.45) is 0 Å². The fourth-order valence-electron chi connectivity index (χ4n) is 1.21. The molecular formula is C9H8N4O3S. The number of aromatic nitrogens is 3. The molecule has 1 amide bonds. The molecule has 0 aliphatic carbocycles. The minimum absolute atomic E-state index is 0.132.